The summed E-state index contributed by atoms with van der Waals surface area (Å²) in [6.07, 6.45) is 0. The summed E-state index contributed by atoms with van der Waals surface area (Å²) in [5.74, 6) is 1.41. The second-order valence-electron chi connectivity index (χ2n) is 4.58. The minimum atomic E-state index is 0.258. The lowest BCUT2D eigenvalue weighted by molar-refractivity contribution is 0.475. The highest BCUT2D eigenvalue weighted by molar-refractivity contribution is 6.18. The monoisotopic (exact) mass is 324 g/mol. The average Bonchev–Trinajstić information content (AvgIpc) is 2.50. The standard InChI is InChI=1S/C16H18Cl2N2O/c17-9-11-20(12-10-18)15-5-1-13(2-6-15)19-14-3-7-16(21)8-4-14/h1-8,19,21H,9-12H2. The van der Waals surface area contributed by atoms with E-state index in [0.29, 0.717) is 11.8 Å². The van der Waals surface area contributed by atoms with Crippen LogP contribution in [0.15, 0.2) is 48.5 Å². The first-order valence-electron chi connectivity index (χ1n) is 6.76. The lowest BCUT2D eigenvalue weighted by Gasteiger charge is -2.23. The van der Waals surface area contributed by atoms with E-state index in [1.165, 1.54) is 0 Å². The van der Waals surface area contributed by atoms with Crippen LogP contribution < -0.4 is 10.2 Å². The molecular weight excluding hydrogens is 307 g/mol. The molecule has 0 saturated heterocycles. The number of benzene rings is 2. The number of nitrogens with one attached hydrogen (secondary N) is 1. The smallest absolute Gasteiger partial charge is 0.115 e. The predicted octanol–water partition coefficient (Wildman–Crippen LogP) is 4.42. The third-order valence-electron chi connectivity index (χ3n) is 3.10. The molecule has 0 bridgehead atoms. The average molecular weight is 325 g/mol. The number of hydrogen-bond donors (Lipinski definition) is 2. The van der Waals surface area contributed by atoms with E-state index < -0.39 is 0 Å². The van der Waals surface area contributed by atoms with Gasteiger partial charge in [0.1, 0.15) is 5.75 Å². The Hall–Kier alpha value is -1.58. The fourth-order valence-electron chi connectivity index (χ4n) is 2.04. The Labute approximate surface area is 135 Å². The number of phenols is 1. The zero-order valence-corrected chi connectivity index (χ0v) is 13.1. The number of anilines is 3. The van der Waals surface area contributed by atoms with E-state index in [9.17, 15) is 5.11 Å². The van der Waals surface area contributed by atoms with Gasteiger partial charge >= 0.3 is 0 Å². The van der Waals surface area contributed by atoms with Gasteiger partial charge in [0.25, 0.3) is 0 Å². The van der Waals surface area contributed by atoms with Gasteiger partial charge in [-0.15, -0.1) is 23.2 Å². The highest BCUT2D eigenvalue weighted by Gasteiger charge is 2.05. The molecule has 0 aromatic heterocycles. The van der Waals surface area contributed by atoms with Gasteiger partial charge in [0.2, 0.25) is 0 Å². The molecule has 0 aliphatic heterocycles. The van der Waals surface area contributed by atoms with E-state index in [-0.39, 0.29) is 5.75 Å². The molecule has 21 heavy (non-hydrogen) atoms. The number of aromatic hydroxyl groups is 1. The molecule has 0 atom stereocenters. The molecule has 0 spiro atoms. The van der Waals surface area contributed by atoms with Crippen LogP contribution in [0.25, 0.3) is 0 Å². The Balaban J connectivity index is 2.05. The van der Waals surface area contributed by atoms with Crippen LogP contribution >= 0.6 is 23.2 Å². The molecule has 0 heterocycles. The van der Waals surface area contributed by atoms with Crippen molar-refractivity contribution in [3.63, 3.8) is 0 Å². The van der Waals surface area contributed by atoms with Crippen molar-refractivity contribution in [1.29, 1.82) is 0 Å². The summed E-state index contributed by atoms with van der Waals surface area (Å²) in [5, 5.41) is 12.5. The molecule has 0 aliphatic rings. The molecule has 2 aromatic carbocycles. The first-order valence-corrected chi connectivity index (χ1v) is 7.83. The van der Waals surface area contributed by atoms with Crippen molar-refractivity contribution in [3.8, 4) is 5.75 Å². The normalized spacial score (nSPS) is 10.4. The maximum atomic E-state index is 9.27. The Bertz CT molecular complexity index is 537. The van der Waals surface area contributed by atoms with E-state index in [1.807, 2.05) is 36.4 Å². The van der Waals surface area contributed by atoms with Crippen molar-refractivity contribution >= 4 is 40.3 Å². The Morgan fingerprint density at radius 1 is 0.810 bits per heavy atom. The maximum Gasteiger partial charge on any atom is 0.115 e. The Kier molecular flexibility index (Phi) is 6.03. The summed E-state index contributed by atoms with van der Waals surface area (Å²) >= 11 is 11.6. The number of phenolic OH excluding ortho intramolecular Hbond substituents is 1. The van der Waals surface area contributed by atoms with Gasteiger partial charge in [-0.05, 0) is 48.5 Å². The molecule has 0 saturated carbocycles. The van der Waals surface area contributed by atoms with Gasteiger partial charge in [-0.2, -0.15) is 0 Å². The lowest BCUT2D eigenvalue weighted by atomic mass is 10.2. The first kappa shape index (κ1) is 15.8. The minimum absolute atomic E-state index is 0.258. The van der Waals surface area contributed by atoms with Gasteiger partial charge in [-0.1, -0.05) is 0 Å². The summed E-state index contributed by atoms with van der Waals surface area (Å²) in [4.78, 5) is 2.16. The fraction of sp³-hybridized carbons (Fsp3) is 0.250. The van der Waals surface area contributed by atoms with Crippen molar-refractivity contribution in [1.82, 2.24) is 0 Å². The molecule has 0 fully saturated rings. The molecule has 0 aliphatic carbocycles. The van der Waals surface area contributed by atoms with E-state index in [2.05, 4.69) is 10.2 Å². The summed E-state index contributed by atoms with van der Waals surface area (Å²) in [5.41, 5.74) is 3.02. The second kappa shape index (κ2) is 8.01. The maximum absolute atomic E-state index is 9.27. The Morgan fingerprint density at radius 3 is 1.76 bits per heavy atom. The Morgan fingerprint density at radius 2 is 1.29 bits per heavy atom. The lowest BCUT2D eigenvalue weighted by Crippen LogP contribution is -2.27. The highest BCUT2D eigenvalue weighted by Crippen LogP contribution is 2.22. The minimum Gasteiger partial charge on any atom is -0.508 e. The highest BCUT2D eigenvalue weighted by atomic mass is 35.5. The van der Waals surface area contributed by atoms with Crippen molar-refractivity contribution < 1.29 is 5.11 Å². The van der Waals surface area contributed by atoms with Crippen molar-refractivity contribution in [2.24, 2.45) is 0 Å². The van der Waals surface area contributed by atoms with E-state index in [4.69, 9.17) is 23.2 Å². The number of halogens is 2. The van der Waals surface area contributed by atoms with Crippen LogP contribution in [-0.4, -0.2) is 30.0 Å². The summed E-state index contributed by atoms with van der Waals surface area (Å²) in [6.45, 7) is 1.55. The molecule has 112 valence electrons. The zero-order valence-electron chi connectivity index (χ0n) is 11.6. The summed E-state index contributed by atoms with van der Waals surface area (Å²) in [7, 11) is 0. The molecule has 0 amide bonds. The second-order valence-corrected chi connectivity index (χ2v) is 5.34. The molecule has 2 aromatic rings. The molecule has 5 heteroatoms. The number of nitrogens with zero attached hydrogens (tertiary/aromatic N) is 1. The number of rotatable bonds is 7. The fourth-order valence-corrected chi connectivity index (χ4v) is 2.45. The number of alkyl halides is 2. The molecule has 0 unspecified atom stereocenters. The van der Waals surface area contributed by atoms with Crippen molar-refractivity contribution in [3.05, 3.63) is 48.5 Å². The van der Waals surface area contributed by atoms with Crippen molar-refractivity contribution in [2.75, 3.05) is 35.1 Å². The van der Waals surface area contributed by atoms with Crippen LogP contribution in [0.4, 0.5) is 17.1 Å². The van der Waals surface area contributed by atoms with E-state index >= 15 is 0 Å². The van der Waals surface area contributed by atoms with Gasteiger partial charge in [0, 0.05) is 41.9 Å². The van der Waals surface area contributed by atoms with Crippen LogP contribution in [0.3, 0.4) is 0 Å². The van der Waals surface area contributed by atoms with Gasteiger partial charge < -0.3 is 15.3 Å². The summed E-state index contributed by atoms with van der Waals surface area (Å²) < 4.78 is 0. The van der Waals surface area contributed by atoms with Crippen LogP contribution in [-0.2, 0) is 0 Å². The molecule has 0 radical (unpaired) electrons. The van der Waals surface area contributed by atoms with Crippen LogP contribution in [0.5, 0.6) is 5.75 Å². The van der Waals surface area contributed by atoms with Gasteiger partial charge in [-0.3, -0.25) is 0 Å². The molecular formula is C16H18Cl2N2O. The quantitative estimate of drug-likeness (QED) is 0.584. The van der Waals surface area contributed by atoms with E-state index in [0.717, 1.165) is 30.2 Å². The van der Waals surface area contributed by atoms with Crippen LogP contribution in [0, 0.1) is 0 Å². The van der Waals surface area contributed by atoms with Gasteiger partial charge in [0.15, 0.2) is 0 Å². The zero-order chi connectivity index (χ0) is 15.1. The molecule has 2 rings (SSSR count). The van der Waals surface area contributed by atoms with Gasteiger partial charge in [0.05, 0.1) is 0 Å². The first-order chi connectivity index (χ1) is 10.2. The van der Waals surface area contributed by atoms with Gasteiger partial charge in [-0.25, -0.2) is 0 Å². The third-order valence-corrected chi connectivity index (χ3v) is 3.44. The van der Waals surface area contributed by atoms with E-state index in [1.54, 1.807) is 12.1 Å². The predicted molar refractivity (Wildman–Crippen MR) is 91.5 cm³/mol. The van der Waals surface area contributed by atoms with Crippen LogP contribution in [0.2, 0.25) is 0 Å². The largest absolute Gasteiger partial charge is 0.508 e. The molecule has 2 N–H and O–H groups in total. The molecule has 3 nitrogen and oxygen atoms in total. The topological polar surface area (TPSA) is 35.5 Å². The number of hydrogen-bond acceptors (Lipinski definition) is 3. The SMILES string of the molecule is Oc1ccc(Nc2ccc(N(CCCl)CCCl)cc2)cc1. The van der Waals surface area contributed by atoms with Crippen molar-refractivity contribution in [2.45, 2.75) is 0 Å². The van der Waals surface area contributed by atoms with Crippen LogP contribution in [0.1, 0.15) is 0 Å². The summed E-state index contributed by atoms with van der Waals surface area (Å²) in [6, 6.07) is 15.1. The third kappa shape index (κ3) is 4.73.